The molecule has 0 saturated carbocycles. The highest BCUT2D eigenvalue weighted by Gasteiger charge is 2.15. The molecule has 0 fully saturated rings. The van der Waals surface area contributed by atoms with Gasteiger partial charge in [-0.2, -0.15) is 0 Å². The van der Waals surface area contributed by atoms with Crippen LogP contribution in [0.4, 0.5) is 0 Å². The summed E-state index contributed by atoms with van der Waals surface area (Å²) >= 11 is 5.91. The second kappa shape index (κ2) is 8.00. The molecule has 2 unspecified atom stereocenters. The summed E-state index contributed by atoms with van der Waals surface area (Å²) < 4.78 is 0. The molecule has 22 heavy (non-hydrogen) atoms. The van der Waals surface area contributed by atoms with Crippen molar-refractivity contribution in [2.24, 2.45) is 0 Å². The molecule has 2 nitrogen and oxygen atoms in total. The molecule has 1 N–H and O–H groups in total. The minimum absolute atomic E-state index is 0.0349. The SMILES string of the molecule is CCC(NC(=O)CC(C)c1ccccc1)c1ccc(Cl)cc1. The zero-order valence-electron chi connectivity index (χ0n) is 13.1. The summed E-state index contributed by atoms with van der Waals surface area (Å²) in [4.78, 5) is 12.3. The van der Waals surface area contributed by atoms with Crippen molar-refractivity contribution in [1.29, 1.82) is 0 Å². The Bertz CT molecular complexity index is 595. The van der Waals surface area contributed by atoms with E-state index in [4.69, 9.17) is 11.6 Å². The molecule has 0 aromatic heterocycles. The van der Waals surface area contributed by atoms with E-state index in [1.54, 1.807) is 0 Å². The van der Waals surface area contributed by atoms with Crippen LogP contribution < -0.4 is 5.32 Å². The molecule has 0 bridgehead atoms. The fourth-order valence-corrected chi connectivity index (χ4v) is 2.67. The lowest BCUT2D eigenvalue weighted by Gasteiger charge is -2.19. The maximum Gasteiger partial charge on any atom is 0.221 e. The number of hydrogen-bond acceptors (Lipinski definition) is 1. The number of halogens is 1. The van der Waals surface area contributed by atoms with Crippen molar-refractivity contribution in [1.82, 2.24) is 5.32 Å². The third-order valence-corrected chi connectivity index (χ3v) is 4.13. The molecule has 116 valence electrons. The summed E-state index contributed by atoms with van der Waals surface area (Å²) in [5.74, 6) is 0.294. The van der Waals surface area contributed by atoms with E-state index in [1.165, 1.54) is 5.56 Å². The van der Waals surface area contributed by atoms with Gasteiger partial charge in [0, 0.05) is 11.4 Å². The number of amides is 1. The number of carbonyl (C=O) groups excluding carboxylic acids is 1. The van der Waals surface area contributed by atoms with Crippen molar-refractivity contribution in [3.05, 3.63) is 70.7 Å². The Balaban J connectivity index is 1.96. The van der Waals surface area contributed by atoms with Crippen LogP contribution in [0.5, 0.6) is 0 Å². The van der Waals surface area contributed by atoms with Crippen LogP contribution in [0.15, 0.2) is 54.6 Å². The average molecular weight is 316 g/mol. The van der Waals surface area contributed by atoms with Gasteiger partial charge in [0.15, 0.2) is 0 Å². The van der Waals surface area contributed by atoms with Crippen LogP contribution in [-0.2, 0) is 4.79 Å². The molecule has 0 aliphatic rings. The van der Waals surface area contributed by atoms with Crippen molar-refractivity contribution in [2.45, 2.75) is 38.6 Å². The van der Waals surface area contributed by atoms with Crippen molar-refractivity contribution in [3.8, 4) is 0 Å². The summed E-state index contributed by atoms with van der Waals surface area (Å²) in [6.45, 7) is 4.15. The smallest absolute Gasteiger partial charge is 0.221 e. The van der Waals surface area contributed by atoms with Crippen LogP contribution in [0.2, 0.25) is 5.02 Å². The lowest BCUT2D eigenvalue weighted by molar-refractivity contribution is -0.122. The molecule has 0 saturated heterocycles. The van der Waals surface area contributed by atoms with E-state index in [-0.39, 0.29) is 17.9 Å². The molecule has 2 aromatic carbocycles. The third-order valence-electron chi connectivity index (χ3n) is 3.88. The predicted molar refractivity (Wildman–Crippen MR) is 92.1 cm³/mol. The number of rotatable bonds is 6. The summed E-state index contributed by atoms with van der Waals surface area (Å²) in [5.41, 5.74) is 2.28. The average Bonchev–Trinajstić information content (AvgIpc) is 2.54. The highest BCUT2D eigenvalue weighted by Crippen LogP contribution is 2.22. The van der Waals surface area contributed by atoms with Gasteiger partial charge in [-0.3, -0.25) is 4.79 Å². The van der Waals surface area contributed by atoms with Gasteiger partial charge in [-0.25, -0.2) is 0 Å². The minimum Gasteiger partial charge on any atom is -0.349 e. The molecule has 0 radical (unpaired) electrons. The van der Waals surface area contributed by atoms with Crippen LogP contribution in [-0.4, -0.2) is 5.91 Å². The number of hydrogen-bond donors (Lipinski definition) is 1. The maximum absolute atomic E-state index is 12.3. The standard InChI is InChI=1S/C19H22ClNO/c1-3-18(16-9-11-17(20)12-10-16)21-19(22)13-14(2)15-7-5-4-6-8-15/h4-12,14,18H,3,13H2,1-2H3,(H,21,22). The first-order valence-electron chi connectivity index (χ1n) is 7.70. The van der Waals surface area contributed by atoms with Gasteiger partial charge < -0.3 is 5.32 Å². The molecule has 0 aliphatic carbocycles. The van der Waals surface area contributed by atoms with Crippen LogP contribution in [0.25, 0.3) is 0 Å². The van der Waals surface area contributed by atoms with Crippen molar-refractivity contribution in [2.75, 3.05) is 0 Å². The Morgan fingerprint density at radius 3 is 2.27 bits per heavy atom. The first-order chi connectivity index (χ1) is 10.6. The number of carbonyl (C=O) groups is 1. The molecular formula is C19H22ClNO. The molecule has 2 atom stereocenters. The van der Waals surface area contributed by atoms with Gasteiger partial charge in [0.25, 0.3) is 0 Å². The van der Waals surface area contributed by atoms with Gasteiger partial charge in [-0.15, -0.1) is 0 Å². The van der Waals surface area contributed by atoms with Crippen LogP contribution >= 0.6 is 11.6 Å². The topological polar surface area (TPSA) is 29.1 Å². The van der Waals surface area contributed by atoms with Crippen molar-refractivity contribution < 1.29 is 4.79 Å². The maximum atomic E-state index is 12.3. The van der Waals surface area contributed by atoms with E-state index >= 15 is 0 Å². The lowest BCUT2D eigenvalue weighted by Crippen LogP contribution is -2.29. The molecule has 0 heterocycles. The lowest BCUT2D eigenvalue weighted by atomic mass is 9.97. The number of benzene rings is 2. The summed E-state index contributed by atoms with van der Waals surface area (Å²) in [6.07, 6.45) is 1.35. The van der Waals surface area contributed by atoms with Gasteiger partial charge >= 0.3 is 0 Å². The quantitative estimate of drug-likeness (QED) is 0.789. The molecule has 3 heteroatoms. The van der Waals surface area contributed by atoms with E-state index in [2.05, 4.69) is 31.3 Å². The second-order valence-electron chi connectivity index (χ2n) is 5.60. The fourth-order valence-electron chi connectivity index (χ4n) is 2.55. The van der Waals surface area contributed by atoms with E-state index < -0.39 is 0 Å². The molecule has 0 spiro atoms. The van der Waals surface area contributed by atoms with Gasteiger partial charge in [0.1, 0.15) is 0 Å². The van der Waals surface area contributed by atoms with Gasteiger partial charge in [-0.05, 0) is 35.6 Å². The first-order valence-corrected chi connectivity index (χ1v) is 8.07. The Morgan fingerprint density at radius 2 is 1.68 bits per heavy atom. The first kappa shape index (κ1) is 16.6. The number of nitrogens with one attached hydrogen (secondary N) is 1. The van der Waals surface area contributed by atoms with E-state index in [0.717, 1.165) is 12.0 Å². The Labute approximate surface area is 137 Å². The van der Waals surface area contributed by atoms with Crippen LogP contribution in [0.1, 0.15) is 49.8 Å². The Kier molecular flexibility index (Phi) is 6.02. The summed E-state index contributed by atoms with van der Waals surface area (Å²) in [7, 11) is 0. The zero-order chi connectivity index (χ0) is 15.9. The van der Waals surface area contributed by atoms with Crippen LogP contribution in [0, 0.1) is 0 Å². The van der Waals surface area contributed by atoms with Gasteiger partial charge in [0.05, 0.1) is 6.04 Å². The zero-order valence-corrected chi connectivity index (χ0v) is 13.8. The second-order valence-corrected chi connectivity index (χ2v) is 6.03. The summed E-state index contributed by atoms with van der Waals surface area (Å²) in [5, 5.41) is 3.83. The molecule has 2 aromatic rings. The third kappa shape index (κ3) is 4.60. The van der Waals surface area contributed by atoms with E-state index in [9.17, 15) is 4.79 Å². The Morgan fingerprint density at radius 1 is 1.05 bits per heavy atom. The normalized spacial score (nSPS) is 13.4. The minimum atomic E-state index is 0.0349. The van der Waals surface area contributed by atoms with Crippen molar-refractivity contribution in [3.63, 3.8) is 0 Å². The van der Waals surface area contributed by atoms with Gasteiger partial charge in [-0.1, -0.05) is 67.9 Å². The van der Waals surface area contributed by atoms with Crippen LogP contribution in [0.3, 0.4) is 0 Å². The molecule has 0 aliphatic heterocycles. The summed E-state index contributed by atoms with van der Waals surface area (Å²) in [6, 6.07) is 17.8. The van der Waals surface area contributed by atoms with Crippen molar-refractivity contribution >= 4 is 17.5 Å². The Hall–Kier alpha value is -1.80. The molecule has 2 rings (SSSR count). The van der Waals surface area contributed by atoms with E-state index in [0.29, 0.717) is 11.4 Å². The largest absolute Gasteiger partial charge is 0.349 e. The van der Waals surface area contributed by atoms with E-state index in [1.807, 2.05) is 42.5 Å². The van der Waals surface area contributed by atoms with Gasteiger partial charge in [0.2, 0.25) is 5.91 Å². The highest BCUT2D eigenvalue weighted by molar-refractivity contribution is 6.30. The monoisotopic (exact) mass is 315 g/mol. The molecular weight excluding hydrogens is 294 g/mol. The predicted octanol–water partition coefficient (Wildman–Crippen LogP) is 5.10. The highest BCUT2D eigenvalue weighted by atomic mass is 35.5. The molecule has 1 amide bonds. The fraction of sp³-hybridized carbons (Fsp3) is 0.316.